The second-order valence-corrected chi connectivity index (χ2v) is 5.57. The molecule has 3 aliphatic rings. The molecule has 100 valence electrons. The van der Waals surface area contributed by atoms with Crippen LogP contribution < -0.4 is 0 Å². The lowest BCUT2D eigenvalue weighted by Gasteiger charge is -2.17. The minimum absolute atomic E-state index is 0.00495. The van der Waals surface area contributed by atoms with Gasteiger partial charge in [0.15, 0.2) is 0 Å². The maximum atomic E-state index is 12.1. The number of carbonyl (C=O) groups excluding carboxylic acids is 2. The smallest absolute Gasteiger partial charge is 0.241 e. The molecule has 0 spiro atoms. The summed E-state index contributed by atoms with van der Waals surface area (Å²) in [4.78, 5) is 29.9. The summed E-state index contributed by atoms with van der Waals surface area (Å²) >= 11 is 0. The highest BCUT2D eigenvalue weighted by Crippen LogP contribution is 2.22. The molecular weight excluding hydrogens is 230 g/mol. The highest BCUT2D eigenvalue weighted by atomic mass is 16.2. The van der Waals surface area contributed by atoms with E-state index in [2.05, 4.69) is 0 Å². The molecule has 0 aliphatic carbocycles. The zero-order chi connectivity index (χ0) is 12.5. The summed E-state index contributed by atoms with van der Waals surface area (Å²) in [5.74, 6) is 0.436. The molecule has 0 radical (unpaired) electrons. The van der Waals surface area contributed by atoms with Crippen LogP contribution in [0.2, 0.25) is 0 Å². The standard InChI is InChI=1S/C13H21N3O2/c17-12(14-5-1-2-6-14)10-16-9-11(16)13(18)15-7-3-4-8-15/h11H,1-10H2/t11-,16?/m0/s1. The van der Waals surface area contributed by atoms with Crippen LogP contribution in [0.1, 0.15) is 25.7 Å². The van der Waals surface area contributed by atoms with Gasteiger partial charge in [0.2, 0.25) is 11.8 Å². The van der Waals surface area contributed by atoms with Gasteiger partial charge in [-0.3, -0.25) is 14.5 Å². The number of hydrogen-bond acceptors (Lipinski definition) is 3. The average Bonchev–Trinajstić information content (AvgIpc) is 2.87. The van der Waals surface area contributed by atoms with E-state index in [9.17, 15) is 9.59 Å². The number of hydrogen-bond donors (Lipinski definition) is 0. The van der Waals surface area contributed by atoms with Crippen molar-refractivity contribution in [2.45, 2.75) is 31.7 Å². The van der Waals surface area contributed by atoms with Gasteiger partial charge < -0.3 is 9.80 Å². The van der Waals surface area contributed by atoms with E-state index in [-0.39, 0.29) is 17.9 Å². The van der Waals surface area contributed by atoms with Gasteiger partial charge in [-0.05, 0) is 25.7 Å². The second kappa shape index (κ2) is 4.88. The SMILES string of the molecule is O=C(CN1C[C@H]1C(=O)N1CCCC1)N1CCCC1. The van der Waals surface area contributed by atoms with E-state index in [0.717, 1.165) is 58.4 Å². The first kappa shape index (κ1) is 12.0. The number of nitrogens with zero attached hydrogens (tertiary/aromatic N) is 3. The highest BCUT2D eigenvalue weighted by Gasteiger charge is 2.44. The molecule has 3 aliphatic heterocycles. The van der Waals surface area contributed by atoms with Gasteiger partial charge in [0.1, 0.15) is 6.04 Å². The summed E-state index contributed by atoms with van der Waals surface area (Å²) in [5, 5.41) is 0. The Balaban J connectivity index is 1.45. The summed E-state index contributed by atoms with van der Waals surface area (Å²) in [6, 6.07) is -0.00495. The predicted octanol–water partition coefficient (Wildman–Crippen LogP) is -0.0846. The summed E-state index contributed by atoms with van der Waals surface area (Å²) in [6.45, 7) is 4.82. The van der Waals surface area contributed by atoms with Crippen LogP contribution in [0.3, 0.4) is 0 Å². The van der Waals surface area contributed by atoms with Crippen molar-refractivity contribution in [3.8, 4) is 0 Å². The van der Waals surface area contributed by atoms with Gasteiger partial charge in [-0.1, -0.05) is 0 Å². The molecule has 5 heteroatoms. The Labute approximate surface area is 108 Å². The van der Waals surface area contributed by atoms with Gasteiger partial charge in [-0.15, -0.1) is 0 Å². The molecule has 1 unspecified atom stereocenters. The Morgan fingerprint density at radius 2 is 1.44 bits per heavy atom. The van der Waals surface area contributed by atoms with Crippen molar-refractivity contribution in [1.82, 2.24) is 14.7 Å². The number of carbonyl (C=O) groups is 2. The topological polar surface area (TPSA) is 43.6 Å². The monoisotopic (exact) mass is 251 g/mol. The van der Waals surface area contributed by atoms with Crippen molar-refractivity contribution in [1.29, 1.82) is 0 Å². The largest absolute Gasteiger partial charge is 0.342 e. The molecule has 0 aromatic rings. The Bertz CT molecular complexity index is 346. The molecular formula is C13H21N3O2. The molecule has 3 fully saturated rings. The van der Waals surface area contributed by atoms with Crippen LogP contribution in [0, 0.1) is 0 Å². The van der Waals surface area contributed by atoms with Crippen LogP contribution in [-0.4, -0.2) is 71.8 Å². The molecule has 3 saturated heterocycles. The maximum absolute atomic E-state index is 12.1. The minimum atomic E-state index is -0.00495. The lowest BCUT2D eigenvalue weighted by molar-refractivity contribution is -0.131. The summed E-state index contributed by atoms with van der Waals surface area (Å²) in [5.41, 5.74) is 0. The lowest BCUT2D eigenvalue weighted by atomic mass is 10.4. The molecule has 2 amide bonds. The van der Waals surface area contributed by atoms with E-state index in [1.54, 1.807) is 0 Å². The molecule has 0 bridgehead atoms. The minimum Gasteiger partial charge on any atom is -0.342 e. The first-order chi connectivity index (χ1) is 8.75. The molecule has 3 heterocycles. The fourth-order valence-electron chi connectivity index (χ4n) is 2.97. The van der Waals surface area contributed by atoms with E-state index < -0.39 is 0 Å². The first-order valence-electron chi connectivity index (χ1n) is 7.06. The zero-order valence-electron chi connectivity index (χ0n) is 10.8. The van der Waals surface area contributed by atoms with Crippen LogP contribution in [0.15, 0.2) is 0 Å². The van der Waals surface area contributed by atoms with Crippen LogP contribution in [0.25, 0.3) is 0 Å². The second-order valence-electron chi connectivity index (χ2n) is 5.57. The van der Waals surface area contributed by atoms with Crippen LogP contribution in [0.5, 0.6) is 0 Å². The summed E-state index contributed by atoms with van der Waals surface area (Å²) < 4.78 is 0. The van der Waals surface area contributed by atoms with Gasteiger partial charge in [0, 0.05) is 32.7 Å². The molecule has 0 saturated carbocycles. The zero-order valence-corrected chi connectivity index (χ0v) is 10.8. The van der Waals surface area contributed by atoms with Crippen LogP contribution in [-0.2, 0) is 9.59 Å². The predicted molar refractivity (Wildman–Crippen MR) is 67.0 cm³/mol. The quantitative estimate of drug-likeness (QED) is 0.659. The van der Waals surface area contributed by atoms with E-state index in [4.69, 9.17) is 0 Å². The summed E-state index contributed by atoms with van der Waals surface area (Å²) in [6.07, 6.45) is 4.51. The Morgan fingerprint density at radius 1 is 0.889 bits per heavy atom. The lowest BCUT2D eigenvalue weighted by Crippen LogP contribution is -2.37. The van der Waals surface area contributed by atoms with E-state index >= 15 is 0 Å². The van der Waals surface area contributed by atoms with Crippen molar-refractivity contribution in [2.24, 2.45) is 0 Å². The average molecular weight is 251 g/mol. The van der Waals surface area contributed by atoms with Gasteiger partial charge in [-0.25, -0.2) is 0 Å². The van der Waals surface area contributed by atoms with E-state index in [1.165, 1.54) is 0 Å². The third-order valence-electron chi connectivity index (χ3n) is 4.21. The third-order valence-corrected chi connectivity index (χ3v) is 4.21. The molecule has 0 N–H and O–H groups in total. The fraction of sp³-hybridized carbons (Fsp3) is 0.846. The molecule has 0 aromatic heterocycles. The Hall–Kier alpha value is -1.10. The van der Waals surface area contributed by atoms with E-state index in [1.807, 2.05) is 14.7 Å². The summed E-state index contributed by atoms with van der Waals surface area (Å²) in [7, 11) is 0. The number of rotatable bonds is 3. The van der Waals surface area contributed by atoms with Crippen molar-refractivity contribution < 1.29 is 9.59 Å². The van der Waals surface area contributed by atoms with Crippen molar-refractivity contribution in [2.75, 3.05) is 39.3 Å². The highest BCUT2D eigenvalue weighted by molar-refractivity contribution is 5.87. The third kappa shape index (κ3) is 2.36. The number of likely N-dealkylation sites (tertiary alicyclic amines) is 2. The van der Waals surface area contributed by atoms with Crippen molar-refractivity contribution in [3.63, 3.8) is 0 Å². The Morgan fingerprint density at radius 3 is 2.06 bits per heavy atom. The molecule has 18 heavy (non-hydrogen) atoms. The van der Waals surface area contributed by atoms with Crippen molar-refractivity contribution in [3.05, 3.63) is 0 Å². The van der Waals surface area contributed by atoms with E-state index in [0.29, 0.717) is 6.54 Å². The van der Waals surface area contributed by atoms with Gasteiger partial charge >= 0.3 is 0 Å². The van der Waals surface area contributed by atoms with Crippen LogP contribution in [0.4, 0.5) is 0 Å². The first-order valence-corrected chi connectivity index (χ1v) is 7.06. The van der Waals surface area contributed by atoms with Gasteiger partial charge in [-0.2, -0.15) is 0 Å². The molecule has 3 rings (SSSR count). The van der Waals surface area contributed by atoms with Crippen LogP contribution >= 0.6 is 0 Å². The Kier molecular flexibility index (Phi) is 3.24. The fourth-order valence-corrected chi connectivity index (χ4v) is 2.97. The normalized spacial score (nSPS) is 30.9. The van der Waals surface area contributed by atoms with Gasteiger partial charge in [0.25, 0.3) is 0 Å². The van der Waals surface area contributed by atoms with Gasteiger partial charge in [0.05, 0.1) is 6.54 Å². The molecule has 2 atom stereocenters. The molecule has 0 aromatic carbocycles. The maximum Gasteiger partial charge on any atom is 0.241 e. The molecule has 5 nitrogen and oxygen atoms in total. The van der Waals surface area contributed by atoms with Crippen molar-refractivity contribution >= 4 is 11.8 Å². The number of amides is 2.